The normalized spacial score (nSPS) is 11.8. The molecule has 0 spiro atoms. The van der Waals surface area contributed by atoms with Crippen molar-refractivity contribution in [2.45, 2.75) is 0 Å². The molecule has 0 aromatic carbocycles. The molecule has 0 aromatic heterocycles. The summed E-state index contributed by atoms with van der Waals surface area (Å²) in [5, 5.41) is 7.84. The Morgan fingerprint density at radius 3 is 2.50 bits per heavy atom. The number of hydrogen-bond donors (Lipinski definition) is 2. The van der Waals surface area contributed by atoms with Gasteiger partial charge in [0, 0.05) is 0 Å². The van der Waals surface area contributed by atoms with Gasteiger partial charge >= 0.3 is 6.19 Å². The maximum atomic E-state index is 8.01. The van der Waals surface area contributed by atoms with Crippen LogP contribution < -0.4 is 0 Å². The lowest BCUT2D eigenvalue weighted by molar-refractivity contribution is -0.375. The van der Waals surface area contributed by atoms with E-state index in [2.05, 4.69) is 0 Å². The van der Waals surface area contributed by atoms with Crippen molar-refractivity contribution in [3.63, 3.8) is 0 Å². The maximum Gasteiger partial charge on any atom is 0.466 e. The predicted octanol–water partition coefficient (Wildman–Crippen LogP) is -0.419. The van der Waals surface area contributed by atoms with Gasteiger partial charge in [-0.25, -0.2) is 0 Å². The quantitative estimate of drug-likeness (QED) is 0.190. The Kier molecular flexibility index (Phi) is 2.63. The van der Waals surface area contributed by atoms with Crippen molar-refractivity contribution in [2.75, 3.05) is 7.05 Å². The summed E-state index contributed by atoms with van der Waals surface area (Å²) < 4.78 is 9.09. The van der Waals surface area contributed by atoms with E-state index < -0.39 is 0 Å². The Bertz CT molecular complexity index is 103. The highest BCUT2D eigenvalue weighted by Crippen LogP contribution is 1.53. The SMILES string of the molecule is C[N+](C#N)=[SH]O. The summed E-state index contributed by atoms with van der Waals surface area (Å²) >= 11 is 0.000386. The molecule has 34 valence electrons. The molecular weight excluding hydrogens is 100 g/mol. The lowest BCUT2D eigenvalue weighted by Gasteiger charge is -1.68. The molecule has 3 nitrogen and oxygen atoms in total. The predicted molar refractivity (Wildman–Crippen MR) is 23.2 cm³/mol. The zero-order valence-electron chi connectivity index (χ0n) is 3.29. The van der Waals surface area contributed by atoms with Crippen LogP contribution in [0, 0.1) is 11.5 Å². The van der Waals surface area contributed by atoms with Crippen LogP contribution in [0.15, 0.2) is 0 Å². The Balaban J connectivity index is 3.61. The molecule has 0 rings (SSSR count). The molecule has 0 amide bonds. The van der Waals surface area contributed by atoms with Gasteiger partial charge in [0.05, 0.1) is 18.9 Å². The summed E-state index contributed by atoms with van der Waals surface area (Å²) in [5.74, 6) is 0. The first-order chi connectivity index (χ1) is 2.81. The van der Waals surface area contributed by atoms with Gasteiger partial charge in [0.25, 0.3) is 0 Å². The van der Waals surface area contributed by atoms with Crippen molar-refractivity contribution < 1.29 is 8.50 Å². The summed E-state index contributed by atoms with van der Waals surface area (Å²) in [4.78, 5) is 0. The second-order valence-corrected chi connectivity index (χ2v) is 1.49. The number of thiol groups is 1. The van der Waals surface area contributed by atoms with Gasteiger partial charge in [0.15, 0.2) is 5.26 Å². The van der Waals surface area contributed by atoms with Crippen molar-refractivity contribution in [3.8, 4) is 6.19 Å². The Morgan fingerprint density at radius 1 is 2.00 bits per heavy atom. The van der Waals surface area contributed by atoms with E-state index in [9.17, 15) is 0 Å². The van der Waals surface area contributed by atoms with Crippen molar-refractivity contribution >= 4 is 11.8 Å². The fraction of sp³-hybridized carbons (Fsp3) is 0.500. The van der Waals surface area contributed by atoms with Gasteiger partial charge in [-0.1, -0.05) is 0 Å². The van der Waals surface area contributed by atoms with E-state index in [1.807, 2.05) is 0 Å². The summed E-state index contributed by atoms with van der Waals surface area (Å²) in [7, 11) is 1.49. The topological polar surface area (TPSA) is 47.0 Å². The minimum absolute atomic E-state index is 0.000386. The zero-order chi connectivity index (χ0) is 4.99. The maximum absolute atomic E-state index is 8.01. The molecule has 0 aliphatic heterocycles. The first-order valence-electron chi connectivity index (χ1n) is 1.29. The first kappa shape index (κ1) is 5.60. The Morgan fingerprint density at radius 2 is 2.50 bits per heavy atom. The van der Waals surface area contributed by atoms with Gasteiger partial charge in [-0.15, -0.1) is 3.95 Å². The van der Waals surface area contributed by atoms with Gasteiger partial charge in [0.1, 0.15) is 0 Å². The Labute approximate surface area is 39.8 Å². The number of rotatable bonds is 0. The minimum Gasteiger partial charge on any atom is -0.308 e. The molecule has 0 fully saturated rings. The molecule has 0 aromatic rings. The first-order valence-corrected chi connectivity index (χ1v) is 2.09. The van der Waals surface area contributed by atoms with Crippen LogP contribution in [0.1, 0.15) is 0 Å². The molecule has 0 aliphatic rings. The van der Waals surface area contributed by atoms with Gasteiger partial charge in [-0.3, -0.25) is 0 Å². The third-order valence-corrected chi connectivity index (χ3v) is 0.637. The second kappa shape index (κ2) is 2.82. The van der Waals surface area contributed by atoms with E-state index in [1.165, 1.54) is 7.05 Å². The van der Waals surface area contributed by atoms with Crippen LogP contribution in [0.25, 0.3) is 0 Å². The Hall–Kier alpha value is -0.400. The van der Waals surface area contributed by atoms with Crippen LogP contribution in [-0.2, 0) is 11.8 Å². The lowest BCUT2D eigenvalue weighted by Crippen LogP contribution is -1.90. The van der Waals surface area contributed by atoms with E-state index in [-0.39, 0.29) is 11.8 Å². The number of nitriles is 1. The van der Waals surface area contributed by atoms with Crippen LogP contribution in [0.4, 0.5) is 0 Å². The molecule has 0 saturated carbocycles. The lowest BCUT2D eigenvalue weighted by atomic mass is 11.2. The third kappa shape index (κ3) is 1.88. The minimum atomic E-state index is 0.000386. The van der Waals surface area contributed by atoms with Crippen LogP contribution >= 0.6 is 0 Å². The molecule has 0 bridgehead atoms. The van der Waals surface area contributed by atoms with Crippen LogP contribution in [0.5, 0.6) is 0 Å². The highest BCUT2D eigenvalue weighted by Gasteiger charge is 1.78. The van der Waals surface area contributed by atoms with Gasteiger partial charge < -0.3 is 4.55 Å². The van der Waals surface area contributed by atoms with Crippen molar-refractivity contribution in [1.29, 1.82) is 5.26 Å². The highest BCUT2D eigenvalue weighted by atomic mass is 32.2. The van der Waals surface area contributed by atoms with E-state index in [1.54, 1.807) is 6.19 Å². The smallest absolute Gasteiger partial charge is 0.308 e. The molecule has 0 saturated heterocycles. The largest absolute Gasteiger partial charge is 0.466 e. The summed E-state index contributed by atoms with van der Waals surface area (Å²) in [6, 6.07) is 0. The molecule has 0 atom stereocenters. The standard InChI is InChI=1S/C2H4N2OS/c1-4(2-3)6-5/h6H,1H3/p+1. The molecule has 4 heteroatoms. The van der Waals surface area contributed by atoms with E-state index in [0.29, 0.717) is 0 Å². The molecular formula is C2H5N2OS+. The molecule has 0 aliphatic carbocycles. The van der Waals surface area contributed by atoms with E-state index in [4.69, 9.17) is 9.81 Å². The van der Waals surface area contributed by atoms with E-state index >= 15 is 0 Å². The van der Waals surface area contributed by atoms with Crippen LogP contribution in [0.2, 0.25) is 0 Å². The van der Waals surface area contributed by atoms with Crippen molar-refractivity contribution in [2.24, 2.45) is 0 Å². The van der Waals surface area contributed by atoms with Crippen molar-refractivity contribution in [3.05, 3.63) is 0 Å². The fourth-order valence-electron chi connectivity index (χ4n) is 0.0200. The molecule has 0 unspecified atom stereocenters. The second-order valence-electron chi connectivity index (χ2n) is 0.713. The highest BCUT2D eigenvalue weighted by molar-refractivity contribution is 7.59. The molecule has 6 heavy (non-hydrogen) atoms. The van der Waals surface area contributed by atoms with Gasteiger partial charge in [-0.2, -0.15) is 0 Å². The average Bonchev–Trinajstić information content (AvgIpc) is 1.65. The van der Waals surface area contributed by atoms with Crippen LogP contribution in [-0.4, -0.2) is 15.5 Å². The summed E-state index contributed by atoms with van der Waals surface area (Å²) in [6.45, 7) is 0. The fourth-order valence-corrected chi connectivity index (χ4v) is 0.0600. The van der Waals surface area contributed by atoms with Crippen molar-refractivity contribution in [1.82, 2.24) is 0 Å². The third-order valence-electron chi connectivity index (χ3n) is 0.279. The summed E-state index contributed by atoms with van der Waals surface area (Å²) in [6.07, 6.45) is 1.69. The molecule has 1 N–H and O–H groups in total. The van der Waals surface area contributed by atoms with Gasteiger partial charge in [-0.05, 0) is 0 Å². The van der Waals surface area contributed by atoms with Gasteiger partial charge in [0.2, 0.25) is 0 Å². The van der Waals surface area contributed by atoms with E-state index in [0.717, 1.165) is 3.95 Å². The number of hydrogen-bond acceptors (Lipinski definition) is 1. The summed E-state index contributed by atoms with van der Waals surface area (Å²) in [5.41, 5.74) is 0. The van der Waals surface area contributed by atoms with Crippen LogP contribution in [0.3, 0.4) is 0 Å². The number of nitrogens with zero attached hydrogens (tertiary/aromatic N) is 2. The molecule has 0 heterocycles. The monoisotopic (exact) mass is 105 g/mol. The molecule has 0 radical (unpaired) electrons. The zero-order valence-corrected chi connectivity index (χ0v) is 4.18. The average molecular weight is 105 g/mol.